The van der Waals surface area contributed by atoms with Crippen LogP contribution in [0.3, 0.4) is 0 Å². The number of rotatable bonds is 3. The van der Waals surface area contributed by atoms with Crippen LogP contribution >= 0.6 is 23.4 Å². The van der Waals surface area contributed by atoms with Gasteiger partial charge in [0.2, 0.25) is 5.91 Å². The van der Waals surface area contributed by atoms with Gasteiger partial charge < -0.3 is 15.1 Å². The fraction of sp³-hybridized carbons (Fsp3) is 0.357. The standard InChI is InChI=1S/C14H14ClN3O4S/c1-14(6-18-9(20)4-10(18)23-14)5-16-17-13(22)7-2-3-8(19)12(21)11(7)15/h2-3,5,10,19,21H,4,6H2,1H3,(H,17,22)/b16-5+/t10-,14+/m1/s1. The lowest BCUT2D eigenvalue weighted by Gasteiger charge is -2.32. The molecule has 2 atom stereocenters. The second-order valence-corrected chi connectivity index (χ2v) is 7.70. The zero-order valence-electron chi connectivity index (χ0n) is 12.1. The Labute approximate surface area is 141 Å². The molecule has 2 aliphatic rings. The Morgan fingerprint density at radius 3 is 2.96 bits per heavy atom. The average molecular weight is 356 g/mol. The Hall–Kier alpha value is -1.93. The van der Waals surface area contributed by atoms with Crippen LogP contribution in [0.1, 0.15) is 23.7 Å². The van der Waals surface area contributed by atoms with Crippen LogP contribution in [0.4, 0.5) is 0 Å². The molecule has 2 fully saturated rings. The van der Waals surface area contributed by atoms with Gasteiger partial charge >= 0.3 is 0 Å². The van der Waals surface area contributed by atoms with Crippen molar-refractivity contribution in [2.45, 2.75) is 23.5 Å². The van der Waals surface area contributed by atoms with Crippen molar-refractivity contribution >= 4 is 41.4 Å². The number of β-lactam (4-membered cyclic amide) rings is 1. The number of carbonyl (C=O) groups is 2. The van der Waals surface area contributed by atoms with Crippen molar-refractivity contribution in [2.75, 3.05) is 6.54 Å². The normalized spacial score (nSPS) is 26.3. The van der Waals surface area contributed by atoms with E-state index in [1.54, 1.807) is 22.9 Å². The molecule has 2 saturated heterocycles. The first-order chi connectivity index (χ1) is 10.8. The minimum atomic E-state index is -0.604. The van der Waals surface area contributed by atoms with Gasteiger partial charge in [0.1, 0.15) is 0 Å². The second-order valence-electron chi connectivity index (χ2n) is 5.60. The molecule has 23 heavy (non-hydrogen) atoms. The van der Waals surface area contributed by atoms with Crippen LogP contribution in [-0.4, -0.2) is 49.8 Å². The lowest BCUT2D eigenvalue weighted by molar-refractivity contribution is -0.140. The van der Waals surface area contributed by atoms with Gasteiger partial charge in [0.15, 0.2) is 11.5 Å². The summed E-state index contributed by atoms with van der Waals surface area (Å²) >= 11 is 7.45. The molecule has 1 aromatic rings. The Bertz CT molecular complexity index is 726. The smallest absolute Gasteiger partial charge is 0.273 e. The summed E-state index contributed by atoms with van der Waals surface area (Å²) in [7, 11) is 0. The van der Waals surface area contributed by atoms with Crippen molar-refractivity contribution in [1.82, 2.24) is 10.3 Å². The summed E-state index contributed by atoms with van der Waals surface area (Å²) in [5.41, 5.74) is 2.34. The van der Waals surface area contributed by atoms with Gasteiger partial charge in [-0.05, 0) is 19.1 Å². The number of aromatic hydroxyl groups is 2. The highest BCUT2D eigenvalue weighted by Gasteiger charge is 2.49. The van der Waals surface area contributed by atoms with Gasteiger partial charge in [0.25, 0.3) is 5.91 Å². The van der Waals surface area contributed by atoms with Crippen molar-refractivity contribution in [3.8, 4) is 11.5 Å². The molecular formula is C14H14ClN3O4S. The van der Waals surface area contributed by atoms with Crippen LogP contribution in [-0.2, 0) is 4.79 Å². The number of carbonyl (C=O) groups excluding carboxylic acids is 2. The third-order valence-electron chi connectivity index (χ3n) is 3.75. The highest BCUT2D eigenvalue weighted by atomic mass is 35.5. The van der Waals surface area contributed by atoms with Gasteiger partial charge in [-0.2, -0.15) is 5.10 Å². The van der Waals surface area contributed by atoms with E-state index in [1.165, 1.54) is 12.1 Å². The summed E-state index contributed by atoms with van der Waals surface area (Å²) in [4.78, 5) is 25.2. The maximum atomic E-state index is 12.0. The van der Waals surface area contributed by atoms with Gasteiger partial charge in [0.05, 0.1) is 27.1 Å². The van der Waals surface area contributed by atoms with Gasteiger partial charge in [-0.25, -0.2) is 5.43 Å². The Kier molecular flexibility index (Phi) is 3.89. The number of nitrogens with zero attached hydrogens (tertiary/aromatic N) is 2. The number of nitrogens with one attached hydrogen (secondary N) is 1. The number of phenols is 2. The van der Waals surface area contributed by atoms with Crippen LogP contribution in [0.15, 0.2) is 17.2 Å². The second kappa shape index (κ2) is 5.61. The quantitative estimate of drug-likeness (QED) is 0.330. The topological polar surface area (TPSA) is 102 Å². The van der Waals surface area contributed by atoms with E-state index in [9.17, 15) is 19.8 Å². The molecule has 3 N–H and O–H groups in total. The third-order valence-corrected chi connectivity index (χ3v) is 5.60. The number of hydrogen-bond donors (Lipinski definition) is 3. The summed E-state index contributed by atoms with van der Waals surface area (Å²) < 4.78 is -0.356. The van der Waals surface area contributed by atoms with E-state index in [0.717, 1.165) is 0 Å². The van der Waals surface area contributed by atoms with Gasteiger partial charge in [-0.1, -0.05) is 11.6 Å². The maximum Gasteiger partial charge on any atom is 0.273 e. The monoisotopic (exact) mass is 355 g/mol. The lowest BCUT2D eigenvalue weighted by Crippen LogP contribution is -2.47. The molecule has 122 valence electrons. The molecule has 2 heterocycles. The number of amides is 2. The largest absolute Gasteiger partial charge is 0.504 e. The summed E-state index contributed by atoms with van der Waals surface area (Å²) in [6.07, 6.45) is 2.14. The van der Waals surface area contributed by atoms with E-state index in [2.05, 4.69) is 10.5 Å². The molecule has 3 rings (SSSR count). The molecule has 0 unspecified atom stereocenters. The van der Waals surface area contributed by atoms with Crippen LogP contribution in [0.5, 0.6) is 11.5 Å². The summed E-state index contributed by atoms with van der Waals surface area (Å²) in [6.45, 7) is 2.50. The van der Waals surface area contributed by atoms with Crippen molar-refractivity contribution in [3.05, 3.63) is 22.7 Å². The molecule has 0 saturated carbocycles. The molecule has 2 aliphatic heterocycles. The minimum absolute atomic E-state index is 0.00217. The number of hydrogen-bond acceptors (Lipinski definition) is 6. The number of hydrazone groups is 1. The fourth-order valence-corrected chi connectivity index (χ4v) is 4.23. The van der Waals surface area contributed by atoms with Crippen LogP contribution in [0.2, 0.25) is 5.02 Å². The molecule has 1 aromatic carbocycles. The van der Waals surface area contributed by atoms with Crippen LogP contribution in [0.25, 0.3) is 0 Å². The maximum absolute atomic E-state index is 12.0. The van der Waals surface area contributed by atoms with E-state index in [0.29, 0.717) is 13.0 Å². The third kappa shape index (κ3) is 2.84. The SMILES string of the molecule is C[C@]1(/C=N/NC(=O)c2ccc(O)c(O)c2Cl)CN2C(=O)C[C@H]2S1. The summed E-state index contributed by atoms with van der Waals surface area (Å²) in [6, 6.07) is 2.46. The van der Waals surface area contributed by atoms with Crippen LogP contribution in [0, 0.1) is 0 Å². The number of thioether (sulfide) groups is 1. The van der Waals surface area contributed by atoms with E-state index >= 15 is 0 Å². The molecule has 2 amide bonds. The highest BCUT2D eigenvalue weighted by molar-refractivity contribution is 8.02. The summed E-state index contributed by atoms with van der Waals surface area (Å²) in [5.74, 6) is -1.42. The van der Waals surface area contributed by atoms with Crippen molar-refractivity contribution in [2.24, 2.45) is 5.10 Å². The first kappa shape index (κ1) is 15.9. The van der Waals surface area contributed by atoms with E-state index in [-0.39, 0.29) is 26.6 Å². The Morgan fingerprint density at radius 1 is 1.57 bits per heavy atom. The number of phenolic OH excluding ortho intramolecular Hbond substituents is 2. The predicted molar refractivity (Wildman–Crippen MR) is 86.9 cm³/mol. The molecule has 0 bridgehead atoms. The number of halogens is 1. The minimum Gasteiger partial charge on any atom is -0.504 e. The number of fused-ring (bicyclic) bond motifs is 1. The van der Waals surface area contributed by atoms with E-state index in [1.807, 2.05) is 6.92 Å². The molecule has 0 radical (unpaired) electrons. The summed E-state index contributed by atoms with van der Waals surface area (Å²) in [5, 5.41) is 22.7. The Balaban J connectivity index is 1.65. The van der Waals surface area contributed by atoms with Crippen molar-refractivity contribution in [1.29, 1.82) is 0 Å². The fourth-order valence-electron chi connectivity index (χ4n) is 2.50. The van der Waals surface area contributed by atoms with Crippen molar-refractivity contribution < 1.29 is 19.8 Å². The zero-order valence-corrected chi connectivity index (χ0v) is 13.7. The molecule has 7 nitrogen and oxygen atoms in total. The molecule has 9 heteroatoms. The van der Waals surface area contributed by atoms with Gasteiger partial charge in [-0.3, -0.25) is 9.59 Å². The predicted octanol–water partition coefficient (Wildman–Crippen LogP) is 1.53. The molecule has 0 aromatic heterocycles. The highest BCUT2D eigenvalue weighted by Crippen LogP contribution is 2.45. The van der Waals surface area contributed by atoms with Gasteiger partial charge in [0, 0.05) is 12.8 Å². The first-order valence-corrected chi connectivity index (χ1v) is 8.09. The first-order valence-electron chi connectivity index (χ1n) is 6.83. The number of benzene rings is 1. The lowest BCUT2D eigenvalue weighted by atomic mass is 10.1. The molecule has 0 spiro atoms. The Morgan fingerprint density at radius 2 is 2.30 bits per heavy atom. The van der Waals surface area contributed by atoms with E-state index < -0.39 is 17.4 Å². The average Bonchev–Trinajstić information content (AvgIpc) is 2.77. The van der Waals surface area contributed by atoms with E-state index in [4.69, 9.17) is 11.6 Å². The van der Waals surface area contributed by atoms with Gasteiger partial charge in [-0.15, -0.1) is 11.8 Å². The molecule has 0 aliphatic carbocycles. The van der Waals surface area contributed by atoms with Crippen LogP contribution < -0.4 is 5.43 Å². The van der Waals surface area contributed by atoms with Crippen molar-refractivity contribution in [3.63, 3.8) is 0 Å². The zero-order chi connectivity index (χ0) is 16.8. The molecular weight excluding hydrogens is 342 g/mol.